The van der Waals surface area contributed by atoms with Crippen LogP contribution in [-0.2, 0) is 14.3 Å². The molecule has 2 aliphatic rings. The molecule has 0 aromatic rings. The lowest BCUT2D eigenvalue weighted by atomic mass is 9.86. The summed E-state index contributed by atoms with van der Waals surface area (Å²) in [6, 6.07) is 0.303. The van der Waals surface area contributed by atoms with Gasteiger partial charge >= 0.3 is 5.97 Å². The molecule has 0 spiro atoms. The van der Waals surface area contributed by atoms with E-state index in [-0.39, 0.29) is 17.0 Å². The number of nitrogens with zero attached hydrogens (tertiary/aromatic N) is 1. The van der Waals surface area contributed by atoms with Gasteiger partial charge in [0.05, 0.1) is 0 Å². The Balaban J connectivity index is 2.02. The monoisotopic (exact) mass is 309 g/mol. The lowest BCUT2D eigenvalue weighted by molar-refractivity contribution is -0.151. The van der Waals surface area contributed by atoms with Gasteiger partial charge in [0.25, 0.3) is 0 Å². The highest BCUT2D eigenvalue weighted by atomic mass is 16.6. The molecule has 1 aliphatic heterocycles. The fourth-order valence-electron chi connectivity index (χ4n) is 4.12. The first kappa shape index (κ1) is 17.3. The van der Waals surface area contributed by atoms with Gasteiger partial charge in [-0.25, -0.2) is 0 Å². The predicted molar refractivity (Wildman–Crippen MR) is 86.3 cm³/mol. The summed E-state index contributed by atoms with van der Waals surface area (Å²) in [5.74, 6) is 0.507. The van der Waals surface area contributed by atoms with Crippen LogP contribution in [0.5, 0.6) is 0 Å². The number of rotatable bonds is 6. The van der Waals surface area contributed by atoms with Crippen LogP contribution < -0.4 is 0 Å². The van der Waals surface area contributed by atoms with Gasteiger partial charge in [0.2, 0.25) is 5.91 Å². The highest BCUT2D eigenvalue weighted by Gasteiger charge is 2.59. The molecule has 0 aromatic carbocycles. The smallest absolute Gasteiger partial charge is 0.303 e. The van der Waals surface area contributed by atoms with Crippen LogP contribution in [0.15, 0.2) is 0 Å². The third kappa shape index (κ3) is 4.02. The van der Waals surface area contributed by atoms with Crippen molar-refractivity contribution < 1.29 is 14.3 Å². The Labute approximate surface area is 134 Å². The van der Waals surface area contributed by atoms with E-state index in [0.717, 1.165) is 38.6 Å². The molecule has 2 fully saturated rings. The fraction of sp³-hybridized carbons (Fsp3) is 0.889. The first-order valence-electron chi connectivity index (χ1n) is 8.66. The normalized spacial score (nSPS) is 29.6. The van der Waals surface area contributed by atoms with Gasteiger partial charge in [-0.05, 0) is 37.5 Å². The van der Waals surface area contributed by atoms with Crippen molar-refractivity contribution in [1.82, 2.24) is 4.90 Å². The Morgan fingerprint density at radius 1 is 1.45 bits per heavy atom. The maximum absolute atomic E-state index is 12.0. The Morgan fingerprint density at radius 3 is 2.59 bits per heavy atom. The van der Waals surface area contributed by atoms with Crippen LogP contribution in [0.25, 0.3) is 0 Å². The highest BCUT2D eigenvalue weighted by molar-refractivity contribution is 5.78. The molecule has 1 heterocycles. The largest absolute Gasteiger partial charge is 0.459 e. The molecule has 4 heteroatoms. The van der Waals surface area contributed by atoms with E-state index in [1.807, 2.05) is 4.90 Å². The predicted octanol–water partition coefficient (Wildman–Crippen LogP) is 3.54. The SMILES string of the molecule is CCC(CC1CC1(CC(C)(C)C)OC(C)=O)N1CCCC1=O. The number of likely N-dealkylation sites (tertiary alicyclic amines) is 1. The Morgan fingerprint density at radius 2 is 2.14 bits per heavy atom. The van der Waals surface area contributed by atoms with Gasteiger partial charge in [-0.2, -0.15) is 0 Å². The van der Waals surface area contributed by atoms with Gasteiger partial charge in [-0.15, -0.1) is 0 Å². The van der Waals surface area contributed by atoms with E-state index >= 15 is 0 Å². The molecule has 1 saturated carbocycles. The maximum Gasteiger partial charge on any atom is 0.303 e. The number of carbonyl (C=O) groups excluding carboxylic acids is 2. The van der Waals surface area contributed by atoms with Crippen LogP contribution in [0, 0.1) is 11.3 Å². The summed E-state index contributed by atoms with van der Waals surface area (Å²) in [6.07, 6.45) is 5.46. The van der Waals surface area contributed by atoms with Crippen LogP contribution in [0.3, 0.4) is 0 Å². The number of hydrogen-bond acceptors (Lipinski definition) is 3. The summed E-state index contributed by atoms with van der Waals surface area (Å²) in [4.78, 5) is 25.5. The standard InChI is InChI=1S/C18H31NO3/c1-6-15(19-9-7-8-16(19)21)10-14-11-18(14,22-13(2)20)12-17(3,4)5/h14-15H,6-12H2,1-5H3. The van der Waals surface area contributed by atoms with E-state index in [4.69, 9.17) is 4.74 Å². The number of amides is 1. The topological polar surface area (TPSA) is 46.6 Å². The van der Waals surface area contributed by atoms with Crippen molar-refractivity contribution in [2.24, 2.45) is 11.3 Å². The van der Waals surface area contributed by atoms with Gasteiger partial charge in [-0.3, -0.25) is 9.59 Å². The van der Waals surface area contributed by atoms with Crippen molar-refractivity contribution in [2.75, 3.05) is 6.54 Å². The summed E-state index contributed by atoms with van der Waals surface area (Å²) >= 11 is 0. The van der Waals surface area contributed by atoms with E-state index in [9.17, 15) is 9.59 Å². The number of hydrogen-bond donors (Lipinski definition) is 0. The van der Waals surface area contributed by atoms with Crippen molar-refractivity contribution in [3.63, 3.8) is 0 Å². The van der Waals surface area contributed by atoms with Crippen molar-refractivity contribution in [3.05, 3.63) is 0 Å². The molecule has 1 amide bonds. The summed E-state index contributed by atoms with van der Waals surface area (Å²) in [6.45, 7) is 11.1. The van der Waals surface area contributed by atoms with E-state index in [1.54, 1.807) is 0 Å². The van der Waals surface area contributed by atoms with Crippen molar-refractivity contribution in [2.45, 2.75) is 84.8 Å². The van der Waals surface area contributed by atoms with E-state index in [0.29, 0.717) is 24.3 Å². The number of carbonyl (C=O) groups is 2. The zero-order chi connectivity index (χ0) is 16.5. The lowest BCUT2D eigenvalue weighted by Gasteiger charge is -2.30. The Hall–Kier alpha value is -1.06. The lowest BCUT2D eigenvalue weighted by Crippen LogP contribution is -2.37. The van der Waals surface area contributed by atoms with Crippen LogP contribution in [0.1, 0.15) is 73.1 Å². The average molecular weight is 309 g/mol. The third-order valence-corrected chi connectivity index (χ3v) is 4.93. The van der Waals surface area contributed by atoms with E-state index < -0.39 is 0 Å². The Kier molecular flexibility index (Phi) is 4.88. The zero-order valence-electron chi connectivity index (χ0n) is 14.8. The van der Waals surface area contributed by atoms with Crippen LogP contribution in [-0.4, -0.2) is 35.0 Å². The summed E-state index contributed by atoms with van der Waals surface area (Å²) in [5.41, 5.74) is -0.157. The Bertz CT molecular complexity index is 440. The summed E-state index contributed by atoms with van der Waals surface area (Å²) in [5, 5.41) is 0. The molecule has 2 rings (SSSR count). The molecule has 4 nitrogen and oxygen atoms in total. The molecule has 3 atom stereocenters. The molecule has 0 bridgehead atoms. The quantitative estimate of drug-likeness (QED) is 0.705. The third-order valence-electron chi connectivity index (χ3n) is 4.93. The molecule has 22 heavy (non-hydrogen) atoms. The minimum Gasteiger partial charge on any atom is -0.459 e. The molecule has 0 N–H and O–H groups in total. The maximum atomic E-state index is 12.0. The molecule has 126 valence electrons. The van der Waals surface area contributed by atoms with Gasteiger partial charge in [0.15, 0.2) is 0 Å². The van der Waals surface area contributed by atoms with Crippen molar-refractivity contribution in [3.8, 4) is 0 Å². The second-order valence-electron chi connectivity index (χ2n) is 8.29. The van der Waals surface area contributed by atoms with Crippen molar-refractivity contribution in [1.29, 1.82) is 0 Å². The van der Waals surface area contributed by atoms with Crippen LogP contribution in [0.2, 0.25) is 0 Å². The molecule has 0 radical (unpaired) electrons. The average Bonchev–Trinajstić information content (AvgIpc) is 2.78. The first-order valence-corrected chi connectivity index (χ1v) is 8.66. The van der Waals surface area contributed by atoms with Gasteiger partial charge in [0.1, 0.15) is 5.60 Å². The van der Waals surface area contributed by atoms with E-state index in [2.05, 4.69) is 27.7 Å². The first-order chi connectivity index (χ1) is 10.2. The van der Waals surface area contributed by atoms with E-state index in [1.165, 1.54) is 6.92 Å². The highest BCUT2D eigenvalue weighted by Crippen LogP contribution is 2.56. The van der Waals surface area contributed by atoms with Crippen molar-refractivity contribution >= 4 is 11.9 Å². The number of esters is 1. The summed E-state index contributed by atoms with van der Waals surface area (Å²) in [7, 11) is 0. The van der Waals surface area contributed by atoms with Gasteiger partial charge in [-0.1, -0.05) is 27.7 Å². The second-order valence-corrected chi connectivity index (χ2v) is 8.29. The minimum atomic E-state index is -0.291. The van der Waals surface area contributed by atoms with Gasteiger partial charge in [0, 0.05) is 31.8 Å². The minimum absolute atomic E-state index is 0.134. The second kappa shape index (κ2) is 6.21. The molecule has 3 unspecified atom stereocenters. The molecule has 1 saturated heterocycles. The zero-order valence-corrected chi connectivity index (χ0v) is 14.8. The summed E-state index contributed by atoms with van der Waals surface area (Å²) < 4.78 is 5.73. The van der Waals surface area contributed by atoms with Gasteiger partial charge < -0.3 is 9.64 Å². The van der Waals surface area contributed by atoms with Crippen LogP contribution >= 0.6 is 0 Å². The molecule has 0 aromatic heterocycles. The van der Waals surface area contributed by atoms with Crippen LogP contribution in [0.4, 0.5) is 0 Å². The molecular formula is C18H31NO3. The number of ether oxygens (including phenoxy) is 1. The molecule has 1 aliphatic carbocycles. The fourth-order valence-corrected chi connectivity index (χ4v) is 4.12. The molecular weight excluding hydrogens is 278 g/mol.